The van der Waals surface area contributed by atoms with Crippen LogP contribution in [-0.2, 0) is 9.84 Å². The van der Waals surface area contributed by atoms with Crippen LogP contribution in [-0.4, -0.2) is 32.3 Å². The third kappa shape index (κ3) is 2.87. The highest BCUT2D eigenvalue weighted by Gasteiger charge is 2.31. The van der Waals surface area contributed by atoms with Crippen LogP contribution in [0.1, 0.15) is 10.4 Å². The molecule has 0 fully saturated rings. The summed E-state index contributed by atoms with van der Waals surface area (Å²) in [5.74, 6) is -0.265. The molecule has 0 atom stereocenters. The smallest absolute Gasteiger partial charge is 0.266 e. The molecule has 1 aliphatic rings. The molecule has 0 saturated heterocycles. The molecule has 0 radical (unpaired) electrons. The quantitative estimate of drug-likeness (QED) is 0.809. The number of rotatable bonds is 2. The molecule has 0 spiro atoms. The van der Waals surface area contributed by atoms with Gasteiger partial charge in [0, 0.05) is 18.5 Å². The molecule has 1 amide bonds. The van der Waals surface area contributed by atoms with E-state index in [0.717, 1.165) is 6.26 Å². The van der Waals surface area contributed by atoms with Gasteiger partial charge in [-0.05, 0) is 12.1 Å². The average molecular weight is 373 g/mol. The molecular weight excluding hydrogens is 363 g/mol. The number of carbonyl (C=O) groups excluding carboxylic acids is 1. The van der Waals surface area contributed by atoms with E-state index in [-0.39, 0.29) is 23.1 Å². The first-order valence-corrected chi connectivity index (χ1v) is 9.02. The zero-order valence-corrected chi connectivity index (χ0v) is 14.1. The van der Waals surface area contributed by atoms with Gasteiger partial charge in [0.05, 0.1) is 15.7 Å². The number of sulfone groups is 1. The Kier molecular flexibility index (Phi) is 3.95. The summed E-state index contributed by atoms with van der Waals surface area (Å²) in [7, 11) is -3.49. The lowest BCUT2D eigenvalue weighted by molar-refractivity contribution is 0.0936. The van der Waals surface area contributed by atoms with Crippen molar-refractivity contribution in [2.24, 2.45) is 0 Å². The van der Waals surface area contributed by atoms with Crippen molar-refractivity contribution in [1.29, 1.82) is 0 Å². The second kappa shape index (κ2) is 5.67. The van der Waals surface area contributed by atoms with E-state index in [1.54, 1.807) is 18.2 Å². The molecule has 120 valence electrons. The van der Waals surface area contributed by atoms with Crippen LogP contribution < -0.4 is 9.64 Å². The van der Waals surface area contributed by atoms with Crippen molar-refractivity contribution < 1.29 is 17.9 Å². The van der Waals surface area contributed by atoms with Crippen molar-refractivity contribution in [2.75, 3.05) is 17.9 Å². The van der Waals surface area contributed by atoms with Gasteiger partial charge in [0.2, 0.25) is 0 Å². The van der Waals surface area contributed by atoms with Gasteiger partial charge in [-0.25, -0.2) is 13.4 Å². The van der Waals surface area contributed by atoms with Crippen molar-refractivity contribution in [3.8, 4) is 5.75 Å². The van der Waals surface area contributed by atoms with E-state index in [1.807, 2.05) is 0 Å². The summed E-state index contributed by atoms with van der Waals surface area (Å²) in [6.07, 6.45) is 2.20. The van der Waals surface area contributed by atoms with Gasteiger partial charge in [-0.3, -0.25) is 9.69 Å². The van der Waals surface area contributed by atoms with Gasteiger partial charge in [0.15, 0.2) is 21.6 Å². The van der Waals surface area contributed by atoms with Gasteiger partial charge in [0.1, 0.15) is 11.3 Å². The fraction of sp³-hybridized carbons (Fsp3) is 0.143. The van der Waals surface area contributed by atoms with Crippen LogP contribution in [0, 0.1) is 0 Å². The largest absolute Gasteiger partial charge is 0.472 e. The Hall–Kier alpha value is -1.83. The first-order valence-electron chi connectivity index (χ1n) is 6.38. The summed E-state index contributed by atoms with van der Waals surface area (Å²) in [5, 5.41) is 0.450. The first-order chi connectivity index (χ1) is 10.8. The fourth-order valence-electron chi connectivity index (χ4n) is 2.15. The van der Waals surface area contributed by atoms with Crippen LogP contribution in [0.2, 0.25) is 10.0 Å². The number of aromatic nitrogens is 1. The Bertz CT molecular complexity index is 895. The number of benzene rings is 1. The fourth-order valence-corrected chi connectivity index (χ4v) is 3.32. The van der Waals surface area contributed by atoms with Crippen LogP contribution in [0.15, 0.2) is 35.5 Å². The molecule has 6 nitrogen and oxygen atoms in total. The molecule has 0 bridgehead atoms. The van der Waals surface area contributed by atoms with E-state index < -0.39 is 15.7 Å². The molecule has 0 aliphatic carbocycles. The molecular formula is C14H10Cl2N2O4S. The zero-order chi connectivity index (χ0) is 16.8. The highest BCUT2D eigenvalue weighted by atomic mass is 35.5. The summed E-state index contributed by atoms with van der Waals surface area (Å²) in [5.41, 5.74) is 0.471. The summed E-state index contributed by atoms with van der Waals surface area (Å²) in [4.78, 5) is 17.7. The molecule has 2 heterocycles. The van der Waals surface area contributed by atoms with Crippen LogP contribution in [0.3, 0.4) is 0 Å². The van der Waals surface area contributed by atoms with Crippen molar-refractivity contribution >= 4 is 44.6 Å². The Morgan fingerprint density at radius 1 is 1.26 bits per heavy atom. The van der Waals surface area contributed by atoms with Crippen LogP contribution in [0.4, 0.5) is 5.69 Å². The number of halogens is 2. The van der Waals surface area contributed by atoms with Crippen molar-refractivity contribution in [1.82, 2.24) is 4.98 Å². The van der Waals surface area contributed by atoms with Crippen molar-refractivity contribution in [2.45, 2.75) is 5.03 Å². The maximum absolute atomic E-state index is 12.6. The molecule has 23 heavy (non-hydrogen) atoms. The highest BCUT2D eigenvalue weighted by molar-refractivity contribution is 7.90. The lowest BCUT2D eigenvalue weighted by atomic mass is 10.2. The molecule has 1 aromatic carbocycles. The maximum Gasteiger partial charge on any atom is 0.266 e. The van der Waals surface area contributed by atoms with Crippen LogP contribution in [0.5, 0.6) is 5.75 Å². The van der Waals surface area contributed by atoms with Gasteiger partial charge in [0.25, 0.3) is 5.91 Å². The summed E-state index contributed by atoms with van der Waals surface area (Å²) >= 11 is 12.2. The van der Waals surface area contributed by atoms with Crippen molar-refractivity contribution in [3.63, 3.8) is 0 Å². The number of carbonyl (C=O) groups is 1. The SMILES string of the molecule is CS(=O)(=O)c1cc2c(cn1)C(=O)N(c1c(Cl)cccc1Cl)CO2. The number of hydrogen-bond acceptors (Lipinski definition) is 5. The molecule has 9 heteroatoms. The number of fused-ring (bicyclic) bond motifs is 1. The first kappa shape index (κ1) is 16.0. The topological polar surface area (TPSA) is 76.6 Å². The van der Waals surface area contributed by atoms with Gasteiger partial charge >= 0.3 is 0 Å². The summed E-state index contributed by atoms with van der Waals surface area (Å²) in [6, 6.07) is 6.11. The lowest BCUT2D eigenvalue weighted by Crippen LogP contribution is -2.39. The molecule has 0 unspecified atom stereocenters. The standard InChI is InChI=1S/C14H10Cl2N2O4S/c1-23(20,21)12-5-11-8(6-17-12)14(19)18(7-22-11)13-9(15)3-2-4-10(13)16/h2-6H,7H2,1H3. The van der Waals surface area contributed by atoms with E-state index >= 15 is 0 Å². The molecule has 0 N–H and O–H groups in total. The highest BCUT2D eigenvalue weighted by Crippen LogP contribution is 2.37. The average Bonchev–Trinajstić information content (AvgIpc) is 2.48. The Labute approximate surface area is 142 Å². The van der Waals surface area contributed by atoms with Gasteiger partial charge in [-0.1, -0.05) is 29.3 Å². The summed E-state index contributed by atoms with van der Waals surface area (Å²) in [6.45, 7) is -0.136. The number of para-hydroxylation sites is 1. The van der Waals surface area contributed by atoms with Gasteiger partial charge in [-0.15, -0.1) is 0 Å². The molecule has 0 saturated carbocycles. The minimum absolute atomic E-state index is 0.136. The third-order valence-electron chi connectivity index (χ3n) is 3.25. The normalized spacial score (nSPS) is 14.4. The minimum Gasteiger partial charge on any atom is -0.472 e. The second-order valence-corrected chi connectivity index (χ2v) is 7.64. The second-order valence-electron chi connectivity index (χ2n) is 4.87. The molecule has 2 aromatic rings. The summed E-state index contributed by atoms with van der Waals surface area (Å²) < 4.78 is 28.5. The predicted octanol–water partition coefficient (Wildman–Crippen LogP) is 2.79. The number of hydrogen-bond donors (Lipinski definition) is 0. The molecule has 3 rings (SSSR count). The number of nitrogens with zero attached hydrogens (tertiary/aromatic N) is 2. The number of anilines is 1. The number of pyridine rings is 1. The Balaban J connectivity index is 2.05. The molecule has 1 aromatic heterocycles. The predicted molar refractivity (Wildman–Crippen MR) is 86.1 cm³/mol. The van der Waals surface area contributed by atoms with Gasteiger partial charge < -0.3 is 4.74 Å². The Morgan fingerprint density at radius 3 is 2.52 bits per heavy atom. The van der Waals surface area contributed by atoms with E-state index in [4.69, 9.17) is 27.9 Å². The molecule has 1 aliphatic heterocycles. The lowest BCUT2D eigenvalue weighted by Gasteiger charge is -2.29. The number of ether oxygens (including phenoxy) is 1. The van der Waals surface area contributed by atoms with Crippen LogP contribution in [0.25, 0.3) is 0 Å². The minimum atomic E-state index is -3.49. The van der Waals surface area contributed by atoms with E-state index in [0.29, 0.717) is 15.7 Å². The monoisotopic (exact) mass is 372 g/mol. The van der Waals surface area contributed by atoms with Crippen LogP contribution >= 0.6 is 23.2 Å². The third-order valence-corrected chi connectivity index (χ3v) is 4.85. The maximum atomic E-state index is 12.6. The van der Waals surface area contributed by atoms with E-state index in [2.05, 4.69) is 4.98 Å². The van der Waals surface area contributed by atoms with E-state index in [9.17, 15) is 13.2 Å². The number of amides is 1. The Morgan fingerprint density at radius 2 is 1.91 bits per heavy atom. The van der Waals surface area contributed by atoms with Gasteiger partial charge in [-0.2, -0.15) is 0 Å². The van der Waals surface area contributed by atoms with Crippen molar-refractivity contribution in [3.05, 3.63) is 46.1 Å². The zero-order valence-electron chi connectivity index (χ0n) is 11.8. The van der Waals surface area contributed by atoms with E-state index in [1.165, 1.54) is 17.2 Å².